The molecule has 15 rings (SSSR count). The Morgan fingerprint density at radius 3 is 1.16 bits per heavy atom. The first-order valence-corrected chi connectivity index (χ1v) is 29.6. The molecule has 0 bridgehead atoms. The molecule has 82 heavy (non-hydrogen) atoms. The Kier molecular flexibility index (Phi) is 10.8. The Labute approximate surface area is 485 Å². The molecule has 4 aliphatic rings. The maximum atomic E-state index is 2.59. The Balaban J connectivity index is 0.975. The Morgan fingerprint density at radius 2 is 0.610 bits per heavy atom. The molecule has 0 fully saturated rings. The van der Waals surface area contributed by atoms with Crippen LogP contribution in [0.4, 0.5) is 17.1 Å². The summed E-state index contributed by atoms with van der Waals surface area (Å²) in [4.78, 5) is 2.59. The standard InChI is InChI=1S/C81H69N/c1-77(2,3)52-40-42-58-59-43-41-53(78(4,5)6)49-72(59)81(71(58)48-52)68-33-19-12-27-57(68)64-47-51(39-45-69(64)81)55-25-15-21-36-74(55)82(73-35-20-14-24-54(73)50-38-44-67-63(46-50)56-26-11-17-31-65(56)79(67,7)8)75-37-22-16-28-60(75)61-30-23-34-70-76(61)62-29-13-18-32-66(62)80(70,9)10/h11-49H,1-10H3. The SMILES string of the molecule is CC(C)(C)c1ccc2c(c1)C1(c3ccccc3-c3cc(-c4ccccc4N(c4ccccc4-c4ccc5c(c4)-c4ccccc4C5(C)C)c4ccccc4-c4cccc5c4-c4ccccc4C5(C)C)ccc31)c1cc(C(C)(C)C)ccc1-2. The van der Waals surface area contributed by atoms with Crippen LogP contribution in [-0.4, -0.2) is 0 Å². The van der Waals surface area contributed by atoms with Crippen LogP contribution in [0.1, 0.15) is 125 Å². The van der Waals surface area contributed by atoms with Gasteiger partial charge in [-0.1, -0.05) is 275 Å². The van der Waals surface area contributed by atoms with E-state index in [-0.39, 0.29) is 21.7 Å². The van der Waals surface area contributed by atoms with Gasteiger partial charge in [-0.25, -0.2) is 0 Å². The summed E-state index contributed by atoms with van der Waals surface area (Å²) in [5.41, 5.74) is 33.9. The van der Waals surface area contributed by atoms with E-state index in [0.29, 0.717) is 0 Å². The lowest BCUT2D eigenvalue weighted by atomic mass is 9.68. The summed E-state index contributed by atoms with van der Waals surface area (Å²) in [7, 11) is 0. The molecule has 0 aliphatic heterocycles. The van der Waals surface area contributed by atoms with Crippen molar-refractivity contribution in [2.75, 3.05) is 4.90 Å². The number of rotatable bonds is 6. The predicted molar refractivity (Wildman–Crippen MR) is 346 cm³/mol. The van der Waals surface area contributed by atoms with Gasteiger partial charge < -0.3 is 4.90 Å². The lowest BCUT2D eigenvalue weighted by Gasteiger charge is -2.33. The second kappa shape index (κ2) is 17.6. The first-order chi connectivity index (χ1) is 39.5. The van der Waals surface area contributed by atoms with Crippen LogP contribution in [0.15, 0.2) is 237 Å². The van der Waals surface area contributed by atoms with E-state index in [1.54, 1.807) is 0 Å². The third-order valence-corrected chi connectivity index (χ3v) is 19.5. The number of nitrogens with zero attached hydrogens (tertiary/aromatic N) is 1. The molecule has 1 nitrogen and oxygen atoms in total. The summed E-state index contributed by atoms with van der Waals surface area (Å²) in [6.45, 7) is 23.6. The number of para-hydroxylation sites is 3. The van der Waals surface area contributed by atoms with Crippen LogP contribution in [0.2, 0.25) is 0 Å². The zero-order valence-corrected chi connectivity index (χ0v) is 49.0. The number of hydrogen-bond acceptors (Lipinski definition) is 1. The zero-order valence-electron chi connectivity index (χ0n) is 49.0. The van der Waals surface area contributed by atoms with Gasteiger partial charge in [-0.05, 0) is 158 Å². The van der Waals surface area contributed by atoms with Crippen molar-refractivity contribution < 1.29 is 0 Å². The molecule has 0 radical (unpaired) electrons. The number of benzene rings is 11. The van der Waals surface area contributed by atoms with E-state index in [9.17, 15) is 0 Å². The lowest BCUT2D eigenvalue weighted by Crippen LogP contribution is -2.27. The van der Waals surface area contributed by atoms with Crippen molar-refractivity contribution in [2.45, 2.75) is 96.3 Å². The first kappa shape index (κ1) is 50.2. The van der Waals surface area contributed by atoms with Crippen LogP contribution in [0.25, 0.3) is 77.9 Å². The summed E-state index contributed by atoms with van der Waals surface area (Å²) < 4.78 is 0. The van der Waals surface area contributed by atoms with Crippen LogP contribution in [0.3, 0.4) is 0 Å². The van der Waals surface area contributed by atoms with Crippen LogP contribution < -0.4 is 4.90 Å². The van der Waals surface area contributed by atoms with E-state index in [2.05, 4.69) is 311 Å². The molecule has 11 aromatic carbocycles. The normalized spacial score (nSPS) is 15.0. The average Bonchev–Trinajstić information content (AvgIpc) is 2.05. The third-order valence-electron chi connectivity index (χ3n) is 19.5. The minimum atomic E-state index is -0.490. The van der Waals surface area contributed by atoms with Crippen molar-refractivity contribution in [3.8, 4) is 77.9 Å². The van der Waals surface area contributed by atoms with Crippen molar-refractivity contribution in [3.05, 3.63) is 292 Å². The summed E-state index contributed by atoms with van der Waals surface area (Å²) >= 11 is 0. The quantitative estimate of drug-likeness (QED) is 0.160. The fourth-order valence-corrected chi connectivity index (χ4v) is 15.3. The molecule has 0 N–H and O–H groups in total. The average molecular weight is 1060 g/mol. The first-order valence-electron chi connectivity index (χ1n) is 29.6. The van der Waals surface area contributed by atoms with E-state index in [4.69, 9.17) is 0 Å². The third kappa shape index (κ3) is 7.05. The lowest BCUT2D eigenvalue weighted by molar-refractivity contribution is 0.586. The van der Waals surface area contributed by atoms with Crippen molar-refractivity contribution >= 4 is 17.1 Å². The van der Waals surface area contributed by atoms with E-state index < -0.39 is 5.41 Å². The fraction of sp³-hybridized carbons (Fsp3) is 0.185. The van der Waals surface area contributed by atoms with Crippen molar-refractivity contribution in [1.29, 1.82) is 0 Å². The topological polar surface area (TPSA) is 3.24 Å². The Bertz CT molecular complexity index is 4420. The zero-order chi connectivity index (χ0) is 56.2. The Morgan fingerprint density at radius 1 is 0.256 bits per heavy atom. The van der Waals surface area contributed by atoms with Gasteiger partial charge in [0.25, 0.3) is 0 Å². The van der Waals surface area contributed by atoms with Crippen LogP contribution in [0.5, 0.6) is 0 Å². The van der Waals surface area contributed by atoms with E-state index in [1.807, 2.05) is 0 Å². The summed E-state index contributed by atoms with van der Waals surface area (Å²) in [5, 5.41) is 0. The second-order valence-corrected chi connectivity index (χ2v) is 26.8. The van der Waals surface area contributed by atoms with Gasteiger partial charge in [0.15, 0.2) is 0 Å². The monoisotopic (exact) mass is 1060 g/mol. The molecule has 0 atom stereocenters. The maximum absolute atomic E-state index is 2.59. The molecule has 4 aliphatic carbocycles. The second-order valence-electron chi connectivity index (χ2n) is 26.8. The molecule has 0 unspecified atom stereocenters. The number of anilines is 3. The van der Waals surface area contributed by atoms with Crippen LogP contribution >= 0.6 is 0 Å². The van der Waals surface area contributed by atoms with Crippen molar-refractivity contribution in [1.82, 2.24) is 0 Å². The highest BCUT2D eigenvalue weighted by Gasteiger charge is 2.52. The smallest absolute Gasteiger partial charge is 0.0725 e. The van der Waals surface area contributed by atoms with E-state index >= 15 is 0 Å². The van der Waals surface area contributed by atoms with Gasteiger partial charge in [0.1, 0.15) is 0 Å². The number of fused-ring (bicyclic) bond motifs is 16. The molecule has 0 aromatic heterocycles. The molecule has 0 saturated carbocycles. The van der Waals surface area contributed by atoms with Crippen molar-refractivity contribution in [2.24, 2.45) is 0 Å². The molecule has 398 valence electrons. The number of hydrogen-bond donors (Lipinski definition) is 0. The molecular weight excluding hydrogens is 987 g/mol. The molecule has 11 aromatic rings. The highest BCUT2D eigenvalue weighted by Crippen LogP contribution is 2.65. The van der Waals surface area contributed by atoms with Gasteiger partial charge >= 0.3 is 0 Å². The fourth-order valence-electron chi connectivity index (χ4n) is 15.3. The van der Waals surface area contributed by atoms with E-state index in [1.165, 1.54) is 134 Å². The summed E-state index contributed by atoms with van der Waals surface area (Å²) in [5.74, 6) is 0. The van der Waals surface area contributed by atoms with Gasteiger partial charge in [-0.15, -0.1) is 0 Å². The van der Waals surface area contributed by atoms with E-state index in [0.717, 1.165) is 17.1 Å². The minimum Gasteiger partial charge on any atom is -0.309 e. The maximum Gasteiger partial charge on any atom is 0.0725 e. The molecule has 1 spiro atoms. The molecule has 0 amide bonds. The van der Waals surface area contributed by atoms with Gasteiger partial charge in [-0.3, -0.25) is 0 Å². The molecule has 0 heterocycles. The highest BCUT2D eigenvalue weighted by atomic mass is 15.1. The summed E-state index contributed by atoms with van der Waals surface area (Å²) in [6, 6.07) is 91.1. The largest absolute Gasteiger partial charge is 0.309 e. The molecule has 1 heteroatoms. The Hall–Kier alpha value is -8.78. The van der Waals surface area contributed by atoms with Gasteiger partial charge in [-0.2, -0.15) is 0 Å². The van der Waals surface area contributed by atoms with Crippen LogP contribution in [-0.2, 0) is 27.1 Å². The van der Waals surface area contributed by atoms with Crippen LogP contribution in [0, 0.1) is 0 Å². The van der Waals surface area contributed by atoms with Gasteiger partial charge in [0.05, 0.1) is 22.5 Å². The minimum absolute atomic E-state index is 0.0241. The molecule has 0 saturated heterocycles. The highest BCUT2D eigenvalue weighted by molar-refractivity contribution is 6.03. The summed E-state index contributed by atoms with van der Waals surface area (Å²) in [6.07, 6.45) is 0. The van der Waals surface area contributed by atoms with Gasteiger partial charge in [0.2, 0.25) is 0 Å². The van der Waals surface area contributed by atoms with Gasteiger partial charge in [0, 0.05) is 27.5 Å². The predicted octanol–water partition coefficient (Wildman–Crippen LogP) is 21.7. The molecular formula is C81H69N. The van der Waals surface area contributed by atoms with Crippen molar-refractivity contribution in [3.63, 3.8) is 0 Å².